The van der Waals surface area contributed by atoms with Crippen molar-refractivity contribution >= 4 is 21.6 Å². The number of carbonyl (C=O) groups is 1. The maximum Gasteiger partial charge on any atom is 0.255 e. The van der Waals surface area contributed by atoms with Gasteiger partial charge in [-0.1, -0.05) is 6.07 Å². The van der Waals surface area contributed by atoms with Gasteiger partial charge in [-0.2, -0.15) is 0 Å². The number of nitrogens with one attached hydrogen (secondary N) is 1. The highest BCUT2D eigenvalue weighted by atomic mass is 32.2. The van der Waals surface area contributed by atoms with E-state index >= 15 is 0 Å². The number of benzene rings is 2. The SMILES string of the molecule is COc1ccc(C(=O)Nc2cccc(Oc3cnccn3)c2)cc1S(=O)(=O)N(C)C. The van der Waals surface area contributed by atoms with Crippen LogP contribution in [0, 0.1) is 0 Å². The summed E-state index contributed by atoms with van der Waals surface area (Å²) in [5.74, 6) is 0.442. The molecule has 0 radical (unpaired) electrons. The van der Waals surface area contributed by atoms with Crippen molar-refractivity contribution in [1.82, 2.24) is 14.3 Å². The van der Waals surface area contributed by atoms with E-state index in [4.69, 9.17) is 9.47 Å². The fourth-order valence-corrected chi connectivity index (χ4v) is 3.59. The number of sulfonamides is 1. The number of hydrogen-bond donors (Lipinski definition) is 1. The van der Waals surface area contributed by atoms with E-state index in [1.165, 1.54) is 58.0 Å². The maximum atomic E-state index is 12.7. The Bertz CT molecular complexity index is 1150. The maximum absolute atomic E-state index is 12.7. The third-order valence-electron chi connectivity index (χ3n) is 4.04. The smallest absolute Gasteiger partial charge is 0.255 e. The van der Waals surface area contributed by atoms with E-state index in [1.807, 2.05) is 0 Å². The van der Waals surface area contributed by atoms with Gasteiger partial charge >= 0.3 is 0 Å². The summed E-state index contributed by atoms with van der Waals surface area (Å²) in [6, 6.07) is 10.9. The lowest BCUT2D eigenvalue weighted by Crippen LogP contribution is -2.23. The summed E-state index contributed by atoms with van der Waals surface area (Å²) in [4.78, 5) is 20.6. The molecule has 0 aliphatic heterocycles. The van der Waals surface area contributed by atoms with Gasteiger partial charge in [0.2, 0.25) is 15.9 Å². The van der Waals surface area contributed by atoms with E-state index in [0.29, 0.717) is 17.3 Å². The number of rotatable bonds is 7. The van der Waals surface area contributed by atoms with Crippen LogP contribution in [0.15, 0.2) is 66.0 Å². The second kappa shape index (κ2) is 8.89. The molecule has 3 rings (SSSR count). The fraction of sp³-hybridized carbons (Fsp3) is 0.150. The molecule has 0 aliphatic rings. The lowest BCUT2D eigenvalue weighted by molar-refractivity contribution is 0.102. The minimum absolute atomic E-state index is 0.0950. The number of nitrogens with zero attached hydrogens (tertiary/aromatic N) is 3. The minimum Gasteiger partial charge on any atom is -0.495 e. The van der Waals surface area contributed by atoms with E-state index in [1.54, 1.807) is 24.3 Å². The molecule has 0 saturated heterocycles. The first-order valence-corrected chi connectivity index (χ1v) is 10.2. The van der Waals surface area contributed by atoms with E-state index < -0.39 is 15.9 Å². The molecule has 0 unspecified atom stereocenters. The highest BCUT2D eigenvalue weighted by molar-refractivity contribution is 7.89. The Morgan fingerprint density at radius 1 is 1.10 bits per heavy atom. The van der Waals surface area contributed by atoms with Crippen LogP contribution in [-0.2, 0) is 10.0 Å². The Kier molecular flexibility index (Phi) is 6.28. The highest BCUT2D eigenvalue weighted by Gasteiger charge is 2.24. The number of hydrogen-bond acceptors (Lipinski definition) is 7. The number of aromatic nitrogens is 2. The van der Waals surface area contributed by atoms with E-state index in [9.17, 15) is 13.2 Å². The summed E-state index contributed by atoms with van der Waals surface area (Å²) in [7, 11) is 0.387. The van der Waals surface area contributed by atoms with Crippen LogP contribution in [0.5, 0.6) is 17.4 Å². The van der Waals surface area contributed by atoms with Crippen LogP contribution >= 0.6 is 0 Å². The van der Waals surface area contributed by atoms with Crippen molar-refractivity contribution in [3.05, 3.63) is 66.6 Å². The number of methoxy groups -OCH3 is 1. The van der Waals surface area contributed by atoms with Crippen LogP contribution in [-0.4, -0.2) is 49.8 Å². The summed E-state index contributed by atoms with van der Waals surface area (Å²) in [5, 5.41) is 2.73. The Morgan fingerprint density at radius 3 is 2.57 bits per heavy atom. The van der Waals surface area contributed by atoms with Crippen LogP contribution in [0.2, 0.25) is 0 Å². The molecule has 0 bridgehead atoms. The summed E-state index contributed by atoms with van der Waals surface area (Å²) in [6.45, 7) is 0. The molecule has 156 valence electrons. The van der Waals surface area contributed by atoms with Crippen LogP contribution in [0.25, 0.3) is 0 Å². The predicted molar refractivity (Wildman–Crippen MR) is 110 cm³/mol. The fourth-order valence-electron chi connectivity index (χ4n) is 2.52. The van der Waals surface area contributed by atoms with Crippen LogP contribution in [0.4, 0.5) is 5.69 Å². The van der Waals surface area contributed by atoms with Gasteiger partial charge in [0.05, 0.1) is 13.3 Å². The van der Waals surface area contributed by atoms with Gasteiger partial charge in [-0.15, -0.1) is 0 Å². The van der Waals surface area contributed by atoms with Crippen molar-refractivity contribution in [3.8, 4) is 17.4 Å². The molecule has 3 aromatic rings. The molecule has 0 fully saturated rings. The second-order valence-electron chi connectivity index (χ2n) is 6.28. The molecular formula is C20H20N4O5S. The molecule has 1 aromatic heterocycles. The first-order valence-electron chi connectivity index (χ1n) is 8.77. The molecule has 0 saturated carbocycles. The van der Waals surface area contributed by atoms with Gasteiger partial charge < -0.3 is 14.8 Å². The number of anilines is 1. The molecule has 0 spiro atoms. The first-order chi connectivity index (χ1) is 14.3. The Hall–Kier alpha value is -3.50. The van der Waals surface area contributed by atoms with Gasteiger partial charge in [-0.3, -0.25) is 9.78 Å². The highest BCUT2D eigenvalue weighted by Crippen LogP contribution is 2.28. The molecular weight excluding hydrogens is 408 g/mol. The zero-order valence-electron chi connectivity index (χ0n) is 16.6. The van der Waals surface area contributed by atoms with E-state index in [0.717, 1.165) is 4.31 Å². The number of amides is 1. The molecule has 30 heavy (non-hydrogen) atoms. The summed E-state index contributed by atoms with van der Waals surface area (Å²) < 4.78 is 36.9. The van der Waals surface area contributed by atoms with Gasteiger partial charge in [0.1, 0.15) is 16.4 Å². The second-order valence-corrected chi connectivity index (χ2v) is 8.40. The average molecular weight is 428 g/mol. The van der Waals surface area contributed by atoms with Crippen LogP contribution < -0.4 is 14.8 Å². The van der Waals surface area contributed by atoms with Gasteiger partial charge in [0.25, 0.3) is 5.91 Å². The quantitative estimate of drug-likeness (QED) is 0.616. The number of carbonyl (C=O) groups excluding carboxylic acids is 1. The third-order valence-corrected chi connectivity index (χ3v) is 5.87. The van der Waals surface area contributed by atoms with Gasteiger partial charge in [-0.05, 0) is 30.3 Å². The Morgan fingerprint density at radius 2 is 1.90 bits per heavy atom. The van der Waals surface area contributed by atoms with Crippen molar-refractivity contribution in [2.24, 2.45) is 0 Å². The van der Waals surface area contributed by atoms with E-state index in [-0.39, 0.29) is 16.2 Å². The van der Waals surface area contributed by atoms with Crippen molar-refractivity contribution in [2.45, 2.75) is 4.90 Å². The monoisotopic (exact) mass is 428 g/mol. The average Bonchev–Trinajstić information content (AvgIpc) is 2.74. The van der Waals surface area contributed by atoms with Crippen molar-refractivity contribution < 1.29 is 22.7 Å². The molecule has 0 aliphatic carbocycles. The number of ether oxygens (including phenoxy) is 2. The van der Waals surface area contributed by atoms with E-state index in [2.05, 4.69) is 15.3 Å². The molecule has 0 atom stereocenters. The topological polar surface area (TPSA) is 111 Å². The van der Waals surface area contributed by atoms with Gasteiger partial charge in [0.15, 0.2) is 0 Å². The molecule has 10 heteroatoms. The summed E-state index contributed by atoms with van der Waals surface area (Å²) >= 11 is 0. The molecule has 9 nitrogen and oxygen atoms in total. The standard InChI is InChI=1S/C20H20N4O5S/c1-24(2)30(26,27)18-11-14(7-8-17(18)28-3)20(25)23-15-5-4-6-16(12-15)29-19-13-21-9-10-22-19/h4-13H,1-3H3,(H,23,25). The lowest BCUT2D eigenvalue weighted by atomic mass is 10.2. The van der Waals surface area contributed by atoms with Crippen molar-refractivity contribution in [3.63, 3.8) is 0 Å². The normalized spacial score (nSPS) is 11.2. The molecule has 2 aromatic carbocycles. The molecule has 1 N–H and O–H groups in total. The first kappa shape index (κ1) is 21.2. The zero-order chi connectivity index (χ0) is 21.7. The predicted octanol–water partition coefficient (Wildman–Crippen LogP) is 2.78. The van der Waals surface area contributed by atoms with Crippen LogP contribution in [0.1, 0.15) is 10.4 Å². The summed E-state index contributed by atoms with van der Waals surface area (Å²) in [5.41, 5.74) is 0.630. The molecule has 1 amide bonds. The minimum atomic E-state index is -3.79. The Balaban J connectivity index is 1.84. The molecule has 1 heterocycles. The Labute approximate surface area is 174 Å². The van der Waals surface area contributed by atoms with Crippen molar-refractivity contribution in [2.75, 3.05) is 26.5 Å². The zero-order valence-corrected chi connectivity index (χ0v) is 17.4. The largest absolute Gasteiger partial charge is 0.495 e. The van der Waals surface area contributed by atoms with Gasteiger partial charge in [-0.25, -0.2) is 17.7 Å². The van der Waals surface area contributed by atoms with Gasteiger partial charge in [0, 0.05) is 43.8 Å². The summed E-state index contributed by atoms with van der Waals surface area (Å²) in [6.07, 6.45) is 4.50. The van der Waals surface area contributed by atoms with Crippen LogP contribution in [0.3, 0.4) is 0 Å². The lowest BCUT2D eigenvalue weighted by Gasteiger charge is -2.15. The van der Waals surface area contributed by atoms with Crippen molar-refractivity contribution in [1.29, 1.82) is 0 Å². The third kappa shape index (κ3) is 4.73.